The number of aliphatic hydroxyl groups is 1. The Morgan fingerprint density at radius 1 is 1.04 bits per heavy atom. The first-order chi connectivity index (χ1) is 27.5. The molecule has 2 unspecified atom stereocenters. The maximum Gasteiger partial charge on any atom is 0.336 e. The van der Waals surface area contributed by atoms with Crippen molar-refractivity contribution in [1.29, 1.82) is 0 Å². The highest BCUT2D eigenvalue weighted by Crippen LogP contribution is 2.47. The number of fused-ring (bicyclic) bond motifs is 7. The molecule has 3 aromatic rings. The molecule has 1 fully saturated rings. The highest BCUT2D eigenvalue weighted by molar-refractivity contribution is 6.21. The third-order valence-corrected chi connectivity index (χ3v) is 12.2. The van der Waals surface area contributed by atoms with Gasteiger partial charge in [0.15, 0.2) is 11.2 Å². The molecule has 0 saturated carbocycles. The first-order valence-electron chi connectivity index (χ1n) is 19.4. The van der Waals surface area contributed by atoms with E-state index in [9.17, 15) is 14.7 Å². The van der Waals surface area contributed by atoms with Gasteiger partial charge < -0.3 is 29.3 Å². The second kappa shape index (κ2) is 13.6. The zero-order chi connectivity index (χ0) is 39.9. The third-order valence-electron chi connectivity index (χ3n) is 12.2. The van der Waals surface area contributed by atoms with Crippen molar-refractivity contribution in [2.24, 2.45) is 26.8 Å². The van der Waals surface area contributed by atoms with Crippen molar-refractivity contribution in [3.8, 4) is 5.75 Å². The summed E-state index contributed by atoms with van der Waals surface area (Å²) in [5, 5.41) is 19.8. The lowest BCUT2D eigenvalue weighted by Crippen LogP contribution is -2.24. The van der Waals surface area contributed by atoms with Crippen LogP contribution in [0.3, 0.4) is 0 Å². The summed E-state index contributed by atoms with van der Waals surface area (Å²) in [6.45, 7) is 14.8. The monoisotopic (exact) mass is 761 g/mol. The van der Waals surface area contributed by atoms with E-state index in [0.717, 1.165) is 102 Å². The van der Waals surface area contributed by atoms with Crippen molar-refractivity contribution < 1.29 is 23.5 Å². The van der Waals surface area contributed by atoms with Gasteiger partial charge in [-0.25, -0.2) is 19.8 Å². The van der Waals surface area contributed by atoms with E-state index in [1.807, 2.05) is 31.2 Å². The summed E-state index contributed by atoms with van der Waals surface area (Å²) < 4.78 is 16.8. The van der Waals surface area contributed by atoms with Crippen LogP contribution in [0.5, 0.6) is 5.75 Å². The molecule has 7 heterocycles. The van der Waals surface area contributed by atoms with Crippen molar-refractivity contribution in [2.75, 3.05) is 7.11 Å². The van der Waals surface area contributed by atoms with Crippen LogP contribution >= 0.6 is 0 Å². The quantitative estimate of drug-likeness (QED) is 0.194. The number of furan rings is 1. The van der Waals surface area contributed by atoms with Crippen LogP contribution < -0.4 is 21.0 Å². The number of methoxy groups -OCH3 is 1. The highest BCUT2D eigenvalue weighted by atomic mass is 16.5. The van der Waals surface area contributed by atoms with Gasteiger partial charge in [0.25, 0.3) is 0 Å². The van der Waals surface area contributed by atoms with E-state index in [4.69, 9.17) is 28.5 Å². The molecule has 11 nitrogen and oxygen atoms in total. The summed E-state index contributed by atoms with van der Waals surface area (Å²) in [4.78, 5) is 41.3. The van der Waals surface area contributed by atoms with Crippen LogP contribution in [0.4, 0.5) is 0 Å². The molecule has 2 aromatic heterocycles. The lowest BCUT2D eigenvalue weighted by atomic mass is 9.86. The molecule has 288 valence electrons. The Morgan fingerprint density at radius 2 is 1.81 bits per heavy atom. The van der Waals surface area contributed by atoms with Crippen LogP contribution in [-0.4, -0.2) is 35.3 Å². The number of hydrogen-bond acceptors (Lipinski definition) is 10. The topological polar surface area (TPSA) is 151 Å². The number of rotatable bonds is 8. The molecule has 0 spiro atoms. The Kier molecular flexibility index (Phi) is 8.64. The van der Waals surface area contributed by atoms with Gasteiger partial charge in [-0.1, -0.05) is 26.5 Å². The predicted molar refractivity (Wildman–Crippen MR) is 222 cm³/mol. The Bertz CT molecular complexity index is 2820. The van der Waals surface area contributed by atoms with E-state index in [-0.39, 0.29) is 36.3 Å². The molecular weight excluding hydrogens is 719 g/mol. The van der Waals surface area contributed by atoms with Crippen molar-refractivity contribution in [3.63, 3.8) is 0 Å². The minimum atomic E-state index is -0.512. The van der Waals surface area contributed by atoms with Crippen LogP contribution in [0.25, 0.3) is 21.9 Å². The van der Waals surface area contributed by atoms with E-state index < -0.39 is 5.63 Å². The summed E-state index contributed by atoms with van der Waals surface area (Å²) in [5.41, 5.74) is 14.7. The van der Waals surface area contributed by atoms with E-state index in [1.165, 1.54) is 13.2 Å². The number of aliphatic hydroxyl groups excluding tert-OH is 1. The Morgan fingerprint density at radius 3 is 2.58 bits per heavy atom. The van der Waals surface area contributed by atoms with E-state index >= 15 is 0 Å². The number of benzene rings is 1. The van der Waals surface area contributed by atoms with Gasteiger partial charge in [0.2, 0.25) is 11.7 Å². The molecule has 1 saturated heterocycles. The molecule has 1 aromatic carbocycles. The third kappa shape index (κ3) is 5.66. The van der Waals surface area contributed by atoms with Crippen LogP contribution in [0.2, 0.25) is 0 Å². The molecule has 1 amide bonds. The van der Waals surface area contributed by atoms with Gasteiger partial charge in [-0.15, -0.1) is 0 Å². The molecule has 2 atom stereocenters. The van der Waals surface area contributed by atoms with Crippen molar-refractivity contribution in [2.45, 2.75) is 66.8 Å². The normalized spacial score (nSPS) is 21.4. The number of hydrogen-bond donors (Lipinski definition) is 3. The molecule has 5 aliphatic heterocycles. The second-order valence-corrected chi connectivity index (χ2v) is 15.2. The fraction of sp³-hybridized carbons (Fsp3) is 0.283. The van der Waals surface area contributed by atoms with Gasteiger partial charge in [0, 0.05) is 76.2 Å². The maximum absolute atomic E-state index is 13.7. The zero-order valence-electron chi connectivity index (χ0n) is 32.8. The number of carbonyl (C=O) groups is 1. The molecule has 3 N–H and O–H groups in total. The van der Waals surface area contributed by atoms with Gasteiger partial charge in [0.1, 0.15) is 5.76 Å². The first kappa shape index (κ1) is 36.2. The molecule has 9 rings (SSSR count). The van der Waals surface area contributed by atoms with E-state index in [2.05, 4.69) is 51.0 Å². The lowest BCUT2D eigenvalue weighted by molar-refractivity contribution is -0.121. The number of carbonyl (C=O) groups excluding carboxylic acids is 1. The molecule has 6 aliphatic rings. The van der Waals surface area contributed by atoms with E-state index in [1.54, 1.807) is 12.3 Å². The molecular formula is C46H43N5O6. The van der Waals surface area contributed by atoms with E-state index in [0.29, 0.717) is 35.3 Å². The van der Waals surface area contributed by atoms with Gasteiger partial charge in [-0.2, -0.15) is 0 Å². The highest BCUT2D eigenvalue weighted by Gasteiger charge is 2.41. The summed E-state index contributed by atoms with van der Waals surface area (Å²) in [6, 6.07) is 4.86. The van der Waals surface area contributed by atoms with Gasteiger partial charge >= 0.3 is 5.63 Å². The molecule has 1 aliphatic carbocycles. The van der Waals surface area contributed by atoms with Crippen molar-refractivity contribution in [1.82, 2.24) is 10.6 Å². The Labute approximate surface area is 329 Å². The number of nitrogens with one attached hydrogen (secondary N) is 2. The lowest BCUT2D eigenvalue weighted by Gasteiger charge is -2.18. The summed E-state index contributed by atoms with van der Waals surface area (Å²) >= 11 is 0. The Balaban J connectivity index is 1.08. The number of ether oxygens (including phenoxy) is 1. The van der Waals surface area contributed by atoms with Crippen molar-refractivity contribution >= 4 is 45.0 Å². The fourth-order valence-electron chi connectivity index (χ4n) is 9.11. The smallest absolute Gasteiger partial charge is 0.336 e. The van der Waals surface area contributed by atoms with Gasteiger partial charge in [-0.3, -0.25) is 4.79 Å². The molecule has 0 radical (unpaired) electrons. The van der Waals surface area contributed by atoms with Gasteiger partial charge in [-0.05, 0) is 91.8 Å². The van der Waals surface area contributed by atoms with Crippen LogP contribution in [0.1, 0.15) is 65.9 Å². The molecule has 8 bridgehead atoms. The van der Waals surface area contributed by atoms with Crippen LogP contribution in [0, 0.1) is 11.8 Å². The van der Waals surface area contributed by atoms with Crippen LogP contribution in [0.15, 0.2) is 157 Å². The van der Waals surface area contributed by atoms with Gasteiger partial charge in [0.05, 0.1) is 47.6 Å². The maximum atomic E-state index is 13.7. The predicted octanol–water partition coefficient (Wildman–Crippen LogP) is 8.80. The second-order valence-electron chi connectivity index (χ2n) is 15.2. The number of allylic oxidation sites excluding steroid dienone is 12. The average Bonchev–Trinajstić information content (AvgIpc) is 4.03. The zero-order valence-corrected chi connectivity index (χ0v) is 32.8. The molecule has 57 heavy (non-hydrogen) atoms. The minimum absolute atomic E-state index is 0.00722. The fourth-order valence-corrected chi connectivity index (χ4v) is 9.11. The molecule has 11 heteroatoms. The standard InChI is InChI=1S/C46H43N5O6/c1-8-25-21(3)32-17-34-23(5)27(10-12-39(53)47-20-31-28-11-13-40(54)57-45(28)46(55-7)44-29(31)14-15-56-44)42(50-34)30-16-38(52)41-24(6)35(51-43(30)41)19-37-26(9-2)22(4)33(49-37)18-36(25)48-32/h8,11,13-15,17-19,23,27,50,52H,1,9-10,12,16,20H2,2-7H3,(H,47,53). The van der Waals surface area contributed by atoms with Crippen LogP contribution in [-0.2, 0) is 11.3 Å². The average molecular weight is 762 g/mol. The Hall–Kier alpha value is -6.49. The summed E-state index contributed by atoms with van der Waals surface area (Å²) in [5.74, 6) is 0.400. The largest absolute Gasteiger partial charge is 0.511 e. The number of nitrogens with zero attached hydrogens (tertiary/aromatic N) is 3. The number of amides is 1. The first-order valence-corrected chi connectivity index (χ1v) is 19.4. The minimum Gasteiger partial charge on any atom is -0.511 e. The van der Waals surface area contributed by atoms with Crippen molar-refractivity contribution in [3.05, 3.63) is 145 Å². The SMILES string of the molecule is C=CC1=C(C)C2=NC1=CC1=NC(=CC3=C(C)C4=C(O)CC(=C5NC(=C2)C(C)C5CCC(=O)NCc2c5ccoc5c(OC)c5oc(=O)ccc25)C4=N3)C(CC)=C1C. The summed E-state index contributed by atoms with van der Waals surface area (Å²) in [7, 11) is 1.50. The number of aliphatic imine (C=N–C) groups is 3. The summed E-state index contributed by atoms with van der Waals surface area (Å²) in [6.07, 6.45) is 11.5.